The minimum absolute atomic E-state index is 0.165. The topological polar surface area (TPSA) is 74.8 Å². The molecule has 0 fully saturated rings. The molecule has 0 bridgehead atoms. The van der Waals surface area contributed by atoms with Crippen LogP contribution in [0.1, 0.15) is 63.5 Å². The van der Waals surface area contributed by atoms with Crippen molar-refractivity contribution >= 4 is 32.2 Å². The summed E-state index contributed by atoms with van der Waals surface area (Å²) in [7, 11) is -7.77. The number of unbranched alkanes of at least 4 members (excludes halogenated alkanes) is 4. The van der Waals surface area contributed by atoms with Crippen LogP contribution in [0, 0.1) is 13.8 Å². The molecular weight excluding hydrogens is 476 g/mol. The van der Waals surface area contributed by atoms with E-state index < -0.39 is 20.0 Å². The van der Waals surface area contributed by atoms with E-state index in [1.165, 1.54) is 7.42 Å². The lowest BCUT2D eigenvalue weighted by Crippen LogP contribution is -2.35. The van der Waals surface area contributed by atoms with E-state index in [2.05, 4.69) is 0 Å². The molecule has 2 rings (SSSR count). The zero-order valence-corrected chi connectivity index (χ0v) is 22.5. The molecule has 0 amide bonds. The quantitative estimate of drug-likeness (QED) is 0.232. The Bertz CT molecular complexity index is 980. The van der Waals surface area contributed by atoms with Gasteiger partial charge in [-0.15, -0.1) is 7.42 Å². The zero-order chi connectivity index (χ0) is 24.5. The highest BCUT2D eigenvalue weighted by Gasteiger charge is 2.33. The predicted molar refractivity (Wildman–Crippen MR) is 137 cm³/mol. The first-order chi connectivity index (χ1) is 15.6. The second-order valence-corrected chi connectivity index (χ2v) is 13.4. The van der Waals surface area contributed by atoms with Gasteiger partial charge in [0.15, 0.2) is 0 Å². The Morgan fingerprint density at radius 2 is 0.939 bits per heavy atom. The van der Waals surface area contributed by atoms with Gasteiger partial charge in [-0.05, 0) is 51.0 Å². The molecule has 0 saturated heterocycles. The van der Waals surface area contributed by atoms with Gasteiger partial charge in [-0.25, -0.2) is 16.8 Å². The lowest BCUT2D eigenvalue weighted by atomic mass is 10.2. The van der Waals surface area contributed by atoms with Crippen molar-refractivity contribution in [2.24, 2.45) is 0 Å². The summed E-state index contributed by atoms with van der Waals surface area (Å²) in [4.78, 5) is 0.330. The van der Waals surface area contributed by atoms with E-state index in [-0.39, 0.29) is 22.9 Å². The molecule has 9 heteroatoms. The Hall–Kier alpha value is -1.39. The Morgan fingerprint density at radius 3 is 1.24 bits per heavy atom. The summed E-state index contributed by atoms with van der Waals surface area (Å²) in [5, 5.41) is 0. The molecule has 0 aliphatic rings. The first-order valence-electron chi connectivity index (χ1n) is 11.5. The summed E-state index contributed by atoms with van der Waals surface area (Å²) in [6, 6.07) is 13.3. The zero-order valence-electron chi connectivity index (χ0n) is 20.0. The number of sulfonamides is 2. The highest BCUT2D eigenvalue weighted by atomic mass is 32.3. The van der Waals surface area contributed by atoms with Crippen molar-refractivity contribution < 1.29 is 16.8 Å². The van der Waals surface area contributed by atoms with Crippen LogP contribution >= 0.6 is 12.1 Å². The third-order valence-electron chi connectivity index (χ3n) is 5.24. The molecule has 0 aliphatic carbocycles. The van der Waals surface area contributed by atoms with Crippen molar-refractivity contribution in [2.45, 2.75) is 76.0 Å². The molecule has 0 aliphatic heterocycles. The SMILES string of the molecule is CCCCCN(SN(CCCCC)S(=O)(=O)c1ccc(C)cc1)S(=O)(=O)c1ccc(C)cc1. The molecule has 2 aromatic carbocycles. The molecule has 0 radical (unpaired) electrons. The van der Waals surface area contributed by atoms with E-state index in [9.17, 15) is 16.8 Å². The summed E-state index contributed by atoms with van der Waals surface area (Å²) >= 11 is 0.793. The van der Waals surface area contributed by atoms with Gasteiger partial charge in [0, 0.05) is 25.2 Å². The van der Waals surface area contributed by atoms with Gasteiger partial charge in [0.05, 0.1) is 9.79 Å². The molecule has 184 valence electrons. The lowest BCUT2D eigenvalue weighted by molar-refractivity contribution is 0.501. The third kappa shape index (κ3) is 7.82. The maximum atomic E-state index is 13.5. The largest absolute Gasteiger partial charge is 0.253 e. The van der Waals surface area contributed by atoms with Crippen LogP contribution in [0.3, 0.4) is 0 Å². The minimum Gasteiger partial charge on any atom is -0.206 e. The van der Waals surface area contributed by atoms with E-state index in [0.29, 0.717) is 12.8 Å². The van der Waals surface area contributed by atoms with Crippen LogP contribution < -0.4 is 0 Å². The second kappa shape index (κ2) is 12.9. The molecule has 0 atom stereocenters. The maximum absolute atomic E-state index is 13.5. The van der Waals surface area contributed by atoms with Crippen molar-refractivity contribution in [3.05, 3.63) is 59.7 Å². The number of aryl methyl sites for hydroxylation is 2. The van der Waals surface area contributed by atoms with Crippen LogP contribution in [-0.4, -0.2) is 37.3 Å². The summed E-state index contributed by atoms with van der Waals surface area (Å²) < 4.78 is 56.5. The average Bonchev–Trinajstić information content (AvgIpc) is 2.78. The van der Waals surface area contributed by atoms with E-state index in [0.717, 1.165) is 48.9 Å². The maximum Gasteiger partial charge on any atom is 0.253 e. The number of rotatable bonds is 14. The summed E-state index contributed by atoms with van der Waals surface area (Å²) in [6.07, 6.45) is 4.90. The number of benzene rings is 2. The van der Waals surface area contributed by atoms with Crippen LogP contribution in [0.4, 0.5) is 0 Å². The second-order valence-electron chi connectivity index (χ2n) is 8.18. The molecule has 6 nitrogen and oxygen atoms in total. The Morgan fingerprint density at radius 1 is 0.606 bits per heavy atom. The average molecular weight is 513 g/mol. The highest BCUT2D eigenvalue weighted by Crippen LogP contribution is 2.32. The van der Waals surface area contributed by atoms with Crippen LogP contribution in [0.15, 0.2) is 58.3 Å². The van der Waals surface area contributed by atoms with Crippen molar-refractivity contribution in [3.63, 3.8) is 0 Å². The van der Waals surface area contributed by atoms with E-state index in [4.69, 9.17) is 0 Å². The Labute approximate surface area is 204 Å². The van der Waals surface area contributed by atoms with Crippen LogP contribution in [0.2, 0.25) is 0 Å². The van der Waals surface area contributed by atoms with Gasteiger partial charge in [-0.2, -0.15) is 0 Å². The molecule has 2 aromatic rings. The molecule has 0 spiro atoms. The van der Waals surface area contributed by atoms with Crippen LogP contribution in [0.5, 0.6) is 0 Å². The lowest BCUT2D eigenvalue weighted by Gasteiger charge is -2.28. The Balaban J connectivity index is 2.42. The molecule has 0 heterocycles. The van der Waals surface area contributed by atoms with Crippen molar-refractivity contribution in [1.82, 2.24) is 7.42 Å². The molecule has 0 saturated carbocycles. The molecule has 0 aromatic heterocycles. The van der Waals surface area contributed by atoms with Gasteiger partial charge in [-0.1, -0.05) is 74.9 Å². The van der Waals surface area contributed by atoms with Gasteiger partial charge in [0.1, 0.15) is 0 Å². The standard InChI is InChI=1S/C24H36N2O4S3/c1-5-7-9-19-25(32(27,28)23-15-11-21(3)12-16-23)31-26(20-10-8-6-2)33(29,30)24-17-13-22(4)14-18-24/h11-18H,5-10,19-20H2,1-4H3. The summed E-state index contributed by atoms with van der Waals surface area (Å²) in [6.45, 7) is 8.36. The number of hydrogen-bond acceptors (Lipinski definition) is 5. The van der Waals surface area contributed by atoms with Gasteiger partial charge in [0.25, 0.3) is 20.0 Å². The first kappa shape index (κ1) is 27.9. The Kier molecular flexibility index (Phi) is 10.9. The normalized spacial score (nSPS) is 12.5. The molecule has 0 unspecified atom stereocenters. The van der Waals surface area contributed by atoms with Crippen molar-refractivity contribution in [1.29, 1.82) is 0 Å². The van der Waals surface area contributed by atoms with Gasteiger partial charge < -0.3 is 0 Å². The first-order valence-corrected chi connectivity index (χ1v) is 15.1. The van der Waals surface area contributed by atoms with Gasteiger partial charge in [-0.3, -0.25) is 0 Å². The fourth-order valence-electron chi connectivity index (χ4n) is 3.15. The smallest absolute Gasteiger partial charge is 0.206 e. The van der Waals surface area contributed by atoms with E-state index in [1.54, 1.807) is 48.5 Å². The molecular formula is C24H36N2O4S3. The number of hydrogen-bond donors (Lipinski definition) is 0. The fourth-order valence-corrected chi connectivity index (χ4v) is 7.77. The molecule has 0 N–H and O–H groups in total. The fraction of sp³-hybridized carbons (Fsp3) is 0.500. The number of nitrogens with zero attached hydrogens (tertiary/aromatic N) is 2. The predicted octanol–water partition coefficient (Wildman–Crippen LogP) is 5.93. The van der Waals surface area contributed by atoms with Gasteiger partial charge in [0.2, 0.25) is 0 Å². The third-order valence-corrected chi connectivity index (χ3v) is 10.7. The van der Waals surface area contributed by atoms with Crippen molar-refractivity contribution in [3.8, 4) is 0 Å². The van der Waals surface area contributed by atoms with Gasteiger partial charge >= 0.3 is 0 Å². The highest BCUT2D eigenvalue weighted by molar-refractivity contribution is 8.13. The monoisotopic (exact) mass is 512 g/mol. The minimum atomic E-state index is -3.88. The van der Waals surface area contributed by atoms with Crippen LogP contribution in [0.25, 0.3) is 0 Å². The molecule has 33 heavy (non-hydrogen) atoms. The van der Waals surface area contributed by atoms with E-state index >= 15 is 0 Å². The van der Waals surface area contributed by atoms with E-state index in [1.807, 2.05) is 27.7 Å². The summed E-state index contributed by atoms with van der Waals surface area (Å²) in [5.74, 6) is 0. The summed E-state index contributed by atoms with van der Waals surface area (Å²) in [5.41, 5.74) is 1.92. The van der Waals surface area contributed by atoms with Crippen molar-refractivity contribution in [2.75, 3.05) is 13.1 Å². The van der Waals surface area contributed by atoms with Crippen LogP contribution in [-0.2, 0) is 20.0 Å².